The van der Waals surface area contributed by atoms with Gasteiger partial charge in [0, 0.05) is 5.69 Å². The van der Waals surface area contributed by atoms with Gasteiger partial charge in [-0.25, -0.2) is 0 Å². The lowest BCUT2D eigenvalue weighted by atomic mass is 10.1. The lowest BCUT2D eigenvalue weighted by molar-refractivity contribution is -0.113. The molecule has 0 saturated carbocycles. The molecule has 3 aromatic rings. The zero-order valence-corrected chi connectivity index (χ0v) is 17.5. The van der Waals surface area contributed by atoms with Gasteiger partial charge >= 0.3 is 0 Å². The standard InChI is InChI=1S/C19H17ClN4O2S2/c1-11-7-8-12(2)15(9-11)21-16(25)10-27-19-24-23-18(28-19)22-17(26)13-5-3-4-6-14(13)20/h3-9H,10H2,1-2H3,(H,21,25)(H,22,23,26). The molecule has 1 aromatic heterocycles. The topological polar surface area (TPSA) is 84.0 Å². The van der Waals surface area contributed by atoms with Crippen LogP contribution in [0, 0.1) is 13.8 Å². The maximum absolute atomic E-state index is 12.2. The summed E-state index contributed by atoms with van der Waals surface area (Å²) < 4.78 is 0.588. The summed E-state index contributed by atoms with van der Waals surface area (Å²) in [4.78, 5) is 24.4. The highest BCUT2D eigenvalue weighted by molar-refractivity contribution is 8.01. The minimum absolute atomic E-state index is 0.129. The Kier molecular flexibility index (Phi) is 6.66. The minimum atomic E-state index is -0.356. The first-order valence-corrected chi connectivity index (χ1v) is 10.5. The summed E-state index contributed by atoms with van der Waals surface area (Å²) >= 11 is 8.48. The fraction of sp³-hybridized carbons (Fsp3) is 0.158. The van der Waals surface area contributed by atoms with E-state index in [-0.39, 0.29) is 17.6 Å². The van der Waals surface area contributed by atoms with E-state index in [0.29, 0.717) is 20.1 Å². The Hall–Kier alpha value is -2.42. The van der Waals surface area contributed by atoms with Gasteiger partial charge in [-0.15, -0.1) is 10.2 Å². The molecule has 6 nitrogen and oxygen atoms in total. The summed E-state index contributed by atoms with van der Waals surface area (Å²) in [6, 6.07) is 12.7. The number of carbonyl (C=O) groups excluding carboxylic acids is 2. The molecule has 0 radical (unpaired) electrons. The number of rotatable bonds is 6. The summed E-state index contributed by atoms with van der Waals surface area (Å²) in [6.07, 6.45) is 0. The monoisotopic (exact) mass is 432 g/mol. The Balaban J connectivity index is 1.54. The number of aromatic nitrogens is 2. The average molecular weight is 433 g/mol. The van der Waals surface area contributed by atoms with Crippen LogP contribution in [0.15, 0.2) is 46.8 Å². The van der Waals surface area contributed by atoms with E-state index in [0.717, 1.165) is 16.8 Å². The molecule has 1 heterocycles. The van der Waals surface area contributed by atoms with Gasteiger partial charge in [0.2, 0.25) is 11.0 Å². The fourth-order valence-electron chi connectivity index (χ4n) is 2.31. The Bertz CT molecular complexity index is 1020. The van der Waals surface area contributed by atoms with Crippen molar-refractivity contribution in [3.05, 3.63) is 64.2 Å². The number of carbonyl (C=O) groups is 2. The predicted molar refractivity (Wildman–Crippen MR) is 115 cm³/mol. The molecule has 2 amide bonds. The highest BCUT2D eigenvalue weighted by atomic mass is 35.5. The molecule has 2 aromatic carbocycles. The van der Waals surface area contributed by atoms with Gasteiger partial charge in [0.25, 0.3) is 5.91 Å². The van der Waals surface area contributed by atoms with Crippen molar-refractivity contribution < 1.29 is 9.59 Å². The van der Waals surface area contributed by atoms with Crippen LogP contribution < -0.4 is 10.6 Å². The number of halogens is 1. The Morgan fingerprint density at radius 1 is 1.11 bits per heavy atom. The van der Waals surface area contributed by atoms with Crippen molar-refractivity contribution in [3.8, 4) is 0 Å². The molecule has 0 unspecified atom stereocenters. The number of hydrogen-bond donors (Lipinski definition) is 2. The average Bonchev–Trinajstić information content (AvgIpc) is 3.10. The quantitative estimate of drug-likeness (QED) is 0.432. The van der Waals surface area contributed by atoms with Crippen molar-refractivity contribution in [1.29, 1.82) is 0 Å². The second-order valence-corrected chi connectivity index (χ2v) is 8.57. The Morgan fingerprint density at radius 2 is 1.89 bits per heavy atom. The number of thioether (sulfide) groups is 1. The van der Waals surface area contributed by atoms with Gasteiger partial charge < -0.3 is 5.32 Å². The van der Waals surface area contributed by atoms with E-state index in [4.69, 9.17) is 11.6 Å². The van der Waals surface area contributed by atoms with Crippen LogP contribution >= 0.6 is 34.7 Å². The van der Waals surface area contributed by atoms with E-state index >= 15 is 0 Å². The second kappa shape index (κ2) is 9.18. The number of nitrogens with zero attached hydrogens (tertiary/aromatic N) is 2. The Labute approximate surface area is 175 Å². The maximum atomic E-state index is 12.2. The highest BCUT2D eigenvalue weighted by Gasteiger charge is 2.14. The van der Waals surface area contributed by atoms with E-state index in [1.54, 1.807) is 24.3 Å². The van der Waals surface area contributed by atoms with Crippen LogP contribution in [-0.2, 0) is 4.79 Å². The molecule has 0 aliphatic carbocycles. The number of amides is 2. The number of nitrogens with one attached hydrogen (secondary N) is 2. The predicted octanol–water partition coefficient (Wildman–Crippen LogP) is 4.79. The van der Waals surface area contributed by atoms with Gasteiger partial charge in [0.05, 0.1) is 16.3 Å². The van der Waals surface area contributed by atoms with E-state index < -0.39 is 0 Å². The number of anilines is 2. The molecule has 0 saturated heterocycles. The van der Waals surface area contributed by atoms with Crippen molar-refractivity contribution in [1.82, 2.24) is 10.2 Å². The van der Waals surface area contributed by atoms with Crippen LogP contribution in [0.1, 0.15) is 21.5 Å². The molecular weight excluding hydrogens is 416 g/mol. The van der Waals surface area contributed by atoms with Crippen LogP contribution in [-0.4, -0.2) is 27.8 Å². The first-order valence-electron chi connectivity index (χ1n) is 8.31. The van der Waals surface area contributed by atoms with E-state index in [1.807, 2.05) is 32.0 Å². The zero-order valence-electron chi connectivity index (χ0n) is 15.2. The molecule has 28 heavy (non-hydrogen) atoms. The Morgan fingerprint density at radius 3 is 2.68 bits per heavy atom. The SMILES string of the molecule is Cc1ccc(C)c(NC(=O)CSc2nnc(NC(=O)c3ccccc3Cl)s2)c1. The van der Waals surface area contributed by atoms with E-state index in [2.05, 4.69) is 20.8 Å². The number of benzene rings is 2. The van der Waals surface area contributed by atoms with Crippen LogP contribution in [0.4, 0.5) is 10.8 Å². The van der Waals surface area contributed by atoms with Crippen molar-refractivity contribution >= 4 is 57.3 Å². The van der Waals surface area contributed by atoms with Gasteiger partial charge in [-0.3, -0.25) is 14.9 Å². The van der Waals surface area contributed by atoms with Gasteiger partial charge in [-0.1, -0.05) is 59.0 Å². The normalized spacial score (nSPS) is 10.5. The third-order valence-electron chi connectivity index (χ3n) is 3.74. The maximum Gasteiger partial charge on any atom is 0.259 e. The number of hydrogen-bond acceptors (Lipinski definition) is 6. The van der Waals surface area contributed by atoms with Crippen molar-refractivity contribution in [2.45, 2.75) is 18.2 Å². The largest absolute Gasteiger partial charge is 0.325 e. The molecule has 144 valence electrons. The van der Waals surface area contributed by atoms with Gasteiger partial charge in [-0.05, 0) is 43.2 Å². The molecule has 0 atom stereocenters. The van der Waals surface area contributed by atoms with Crippen molar-refractivity contribution in [3.63, 3.8) is 0 Å². The van der Waals surface area contributed by atoms with E-state index in [1.165, 1.54) is 23.1 Å². The van der Waals surface area contributed by atoms with Crippen LogP contribution in [0.3, 0.4) is 0 Å². The lowest BCUT2D eigenvalue weighted by Gasteiger charge is -2.08. The summed E-state index contributed by atoms with van der Waals surface area (Å²) in [5.41, 5.74) is 3.25. The molecule has 0 aliphatic heterocycles. The lowest BCUT2D eigenvalue weighted by Crippen LogP contribution is -2.14. The smallest absolute Gasteiger partial charge is 0.259 e. The third-order valence-corrected chi connectivity index (χ3v) is 6.04. The first kappa shape index (κ1) is 20.3. The molecular formula is C19H17ClN4O2S2. The fourth-order valence-corrected chi connectivity index (χ4v) is 4.08. The first-order chi connectivity index (χ1) is 13.4. The molecule has 0 aliphatic rings. The summed E-state index contributed by atoms with van der Waals surface area (Å²) in [7, 11) is 0. The van der Waals surface area contributed by atoms with Crippen LogP contribution in [0.5, 0.6) is 0 Å². The van der Waals surface area contributed by atoms with Crippen molar-refractivity contribution in [2.75, 3.05) is 16.4 Å². The van der Waals surface area contributed by atoms with Gasteiger partial charge in [-0.2, -0.15) is 0 Å². The molecule has 9 heteroatoms. The van der Waals surface area contributed by atoms with Crippen LogP contribution in [0.25, 0.3) is 0 Å². The summed E-state index contributed by atoms with van der Waals surface area (Å²) in [5.74, 6) is -0.290. The van der Waals surface area contributed by atoms with E-state index in [9.17, 15) is 9.59 Å². The molecule has 0 spiro atoms. The molecule has 2 N–H and O–H groups in total. The molecule has 3 rings (SSSR count). The summed E-state index contributed by atoms with van der Waals surface area (Å²) in [6.45, 7) is 3.92. The second-order valence-electron chi connectivity index (χ2n) is 5.96. The zero-order chi connectivity index (χ0) is 20.1. The number of aryl methyl sites for hydroxylation is 2. The minimum Gasteiger partial charge on any atom is -0.325 e. The third kappa shape index (κ3) is 5.31. The summed E-state index contributed by atoms with van der Waals surface area (Å²) in [5, 5.41) is 14.2. The van der Waals surface area contributed by atoms with Gasteiger partial charge in [0.1, 0.15) is 0 Å². The molecule has 0 fully saturated rings. The van der Waals surface area contributed by atoms with Crippen LogP contribution in [0.2, 0.25) is 5.02 Å². The highest BCUT2D eigenvalue weighted by Crippen LogP contribution is 2.27. The molecule has 0 bridgehead atoms. The van der Waals surface area contributed by atoms with Gasteiger partial charge in [0.15, 0.2) is 4.34 Å². The van der Waals surface area contributed by atoms with Crippen molar-refractivity contribution in [2.24, 2.45) is 0 Å².